The number of aliphatic carboxylic acids is 1. The van der Waals surface area contributed by atoms with Crippen molar-refractivity contribution >= 4 is 23.1 Å². The van der Waals surface area contributed by atoms with Crippen molar-refractivity contribution < 1.29 is 19.1 Å². The van der Waals surface area contributed by atoms with Crippen LogP contribution in [0, 0.1) is 11.7 Å². The van der Waals surface area contributed by atoms with Gasteiger partial charge in [-0.25, -0.2) is 9.18 Å². The first-order valence-electron chi connectivity index (χ1n) is 7.04. The fourth-order valence-corrected chi connectivity index (χ4v) is 2.61. The number of halogens is 1. The lowest BCUT2D eigenvalue weighted by Crippen LogP contribution is -2.32. The van der Waals surface area contributed by atoms with Crippen molar-refractivity contribution in [2.24, 2.45) is 5.92 Å². The van der Waals surface area contributed by atoms with E-state index in [-0.39, 0.29) is 17.2 Å². The molecule has 1 N–H and O–H groups in total. The number of hydrogen-bond donors (Lipinski definition) is 1. The predicted octanol–water partition coefficient (Wildman–Crippen LogP) is 3.08. The molecule has 5 heteroatoms. The van der Waals surface area contributed by atoms with Gasteiger partial charge in [0, 0.05) is 18.2 Å². The van der Waals surface area contributed by atoms with Crippen LogP contribution in [0.25, 0.3) is 5.57 Å². The summed E-state index contributed by atoms with van der Waals surface area (Å²) in [7, 11) is 0. The number of benzene rings is 1. The third-order valence-corrected chi connectivity index (χ3v) is 3.89. The summed E-state index contributed by atoms with van der Waals surface area (Å²) in [6.07, 6.45) is 2.61. The predicted molar refractivity (Wildman–Crippen MR) is 78.4 cm³/mol. The number of para-hydroxylation sites is 1. The maximum atomic E-state index is 14.1. The van der Waals surface area contributed by atoms with Gasteiger partial charge in [-0.3, -0.25) is 4.79 Å². The molecule has 0 spiro atoms. The van der Waals surface area contributed by atoms with Crippen LogP contribution >= 0.6 is 0 Å². The summed E-state index contributed by atoms with van der Waals surface area (Å²) in [5.41, 5.74) is 0.596. The molecule has 1 aromatic carbocycles. The third-order valence-electron chi connectivity index (χ3n) is 3.89. The minimum absolute atomic E-state index is 0.0444. The molecule has 0 saturated carbocycles. The van der Waals surface area contributed by atoms with E-state index in [1.807, 2.05) is 13.8 Å². The molecule has 1 aromatic rings. The molecular formula is C16H18FNO3. The van der Waals surface area contributed by atoms with Crippen molar-refractivity contribution in [2.75, 3.05) is 11.4 Å². The Morgan fingerprint density at radius 3 is 2.62 bits per heavy atom. The minimum atomic E-state index is -1.21. The molecule has 1 heterocycles. The molecule has 0 unspecified atom stereocenters. The van der Waals surface area contributed by atoms with E-state index in [1.54, 1.807) is 6.07 Å². The number of hydrogen-bond acceptors (Lipinski definition) is 2. The van der Waals surface area contributed by atoms with Gasteiger partial charge in [-0.05, 0) is 12.0 Å². The molecule has 21 heavy (non-hydrogen) atoms. The van der Waals surface area contributed by atoms with Crippen LogP contribution in [0.3, 0.4) is 0 Å². The highest BCUT2D eigenvalue weighted by molar-refractivity contribution is 6.34. The van der Waals surface area contributed by atoms with Crippen molar-refractivity contribution in [2.45, 2.75) is 26.7 Å². The summed E-state index contributed by atoms with van der Waals surface area (Å²) >= 11 is 0. The fourth-order valence-electron chi connectivity index (χ4n) is 2.61. The zero-order valence-corrected chi connectivity index (χ0v) is 12.1. The van der Waals surface area contributed by atoms with E-state index in [0.717, 1.165) is 18.9 Å². The monoisotopic (exact) mass is 291 g/mol. The van der Waals surface area contributed by atoms with Gasteiger partial charge in [0.1, 0.15) is 5.82 Å². The number of carbonyl (C=O) groups excluding carboxylic acids is 1. The Labute approximate surface area is 122 Å². The van der Waals surface area contributed by atoms with Gasteiger partial charge in [0.25, 0.3) is 5.91 Å². The number of fused-ring (bicyclic) bond motifs is 1. The maximum Gasteiger partial charge on any atom is 0.329 e. The molecule has 0 radical (unpaired) electrons. The molecular weight excluding hydrogens is 273 g/mol. The van der Waals surface area contributed by atoms with Gasteiger partial charge in [-0.2, -0.15) is 0 Å². The molecule has 0 aromatic heterocycles. The average molecular weight is 291 g/mol. The van der Waals surface area contributed by atoms with Crippen LogP contribution in [0.2, 0.25) is 0 Å². The summed E-state index contributed by atoms with van der Waals surface area (Å²) in [5, 5.41) is 8.91. The molecule has 2 rings (SSSR count). The van der Waals surface area contributed by atoms with E-state index >= 15 is 0 Å². The van der Waals surface area contributed by atoms with Gasteiger partial charge in [-0.15, -0.1) is 0 Å². The molecule has 0 aliphatic carbocycles. The van der Waals surface area contributed by atoms with E-state index < -0.39 is 17.7 Å². The highest BCUT2D eigenvalue weighted by Crippen LogP contribution is 2.39. The number of carboxylic acids is 1. The van der Waals surface area contributed by atoms with Gasteiger partial charge < -0.3 is 10.0 Å². The van der Waals surface area contributed by atoms with Gasteiger partial charge in [0.05, 0.1) is 11.3 Å². The number of carboxylic acid groups (broad SMARTS) is 1. The fraction of sp³-hybridized carbons (Fsp3) is 0.375. The molecule has 1 amide bonds. The maximum absolute atomic E-state index is 14.1. The Balaban J connectivity index is 2.50. The largest absolute Gasteiger partial charge is 0.478 e. The Kier molecular flexibility index (Phi) is 4.40. The Morgan fingerprint density at radius 2 is 2.05 bits per heavy atom. The van der Waals surface area contributed by atoms with Gasteiger partial charge in [-0.1, -0.05) is 38.8 Å². The van der Waals surface area contributed by atoms with Crippen molar-refractivity contribution in [3.8, 4) is 0 Å². The molecule has 0 bridgehead atoms. The minimum Gasteiger partial charge on any atom is -0.478 e. The Morgan fingerprint density at radius 1 is 1.38 bits per heavy atom. The van der Waals surface area contributed by atoms with Crippen molar-refractivity contribution in [1.29, 1.82) is 0 Å². The number of anilines is 1. The first-order chi connectivity index (χ1) is 9.99. The lowest BCUT2D eigenvalue weighted by molar-refractivity contribution is -0.131. The molecule has 1 aliphatic rings. The number of amides is 1. The molecule has 4 nitrogen and oxygen atoms in total. The van der Waals surface area contributed by atoms with Crippen molar-refractivity contribution in [3.05, 3.63) is 35.7 Å². The smallest absolute Gasteiger partial charge is 0.329 e. The van der Waals surface area contributed by atoms with E-state index in [0.29, 0.717) is 12.1 Å². The number of rotatable bonds is 5. The van der Waals surface area contributed by atoms with Crippen LogP contribution < -0.4 is 4.90 Å². The Hall–Kier alpha value is -2.17. The van der Waals surface area contributed by atoms with E-state index in [2.05, 4.69) is 0 Å². The molecule has 112 valence electrons. The SMILES string of the molecule is CCC(CC)CN1C(=O)/C(=C/C(=O)O)c2cccc(F)c21. The van der Waals surface area contributed by atoms with Gasteiger partial charge in [0.15, 0.2) is 0 Å². The summed E-state index contributed by atoms with van der Waals surface area (Å²) in [6.45, 7) is 4.44. The second-order valence-corrected chi connectivity index (χ2v) is 5.13. The zero-order chi connectivity index (χ0) is 15.6. The summed E-state index contributed by atoms with van der Waals surface area (Å²) < 4.78 is 14.1. The number of nitrogens with zero attached hydrogens (tertiary/aromatic N) is 1. The molecule has 0 fully saturated rings. The molecule has 0 atom stereocenters. The first kappa shape index (κ1) is 15.2. The van der Waals surface area contributed by atoms with E-state index in [4.69, 9.17) is 5.11 Å². The summed E-state index contributed by atoms with van der Waals surface area (Å²) in [4.78, 5) is 24.7. The van der Waals surface area contributed by atoms with Gasteiger partial charge in [0.2, 0.25) is 0 Å². The lowest BCUT2D eigenvalue weighted by atomic mass is 10.0. The highest BCUT2D eigenvalue weighted by atomic mass is 19.1. The standard InChI is InChI=1S/C16H18FNO3/c1-3-10(4-2)9-18-15-11(6-5-7-13(15)17)12(16(18)21)8-14(19)20/h5-8,10H,3-4,9H2,1-2H3,(H,19,20)/b12-8+. The van der Waals surface area contributed by atoms with Crippen LogP contribution in [-0.2, 0) is 9.59 Å². The normalized spacial score (nSPS) is 15.9. The lowest BCUT2D eigenvalue weighted by Gasteiger charge is -2.22. The third kappa shape index (κ3) is 2.82. The molecule has 0 saturated heterocycles. The van der Waals surface area contributed by atoms with Crippen LogP contribution in [-0.4, -0.2) is 23.5 Å². The summed E-state index contributed by atoms with van der Waals surface area (Å²) in [5.74, 6) is -1.89. The highest BCUT2D eigenvalue weighted by Gasteiger charge is 2.35. The Bertz CT molecular complexity index is 606. The topological polar surface area (TPSA) is 57.6 Å². The quantitative estimate of drug-likeness (QED) is 0.848. The second-order valence-electron chi connectivity index (χ2n) is 5.13. The average Bonchev–Trinajstić information content (AvgIpc) is 2.70. The zero-order valence-electron chi connectivity index (χ0n) is 12.1. The van der Waals surface area contributed by atoms with Crippen LogP contribution in [0.15, 0.2) is 24.3 Å². The molecule has 1 aliphatic heterocycles. The first-order valence-corrected chi connectivity index (χ1v) is 7.04. The van der Waals surface area contributed by atoms with Crippen molar-refractivity contribution in [3.63, 3.8) is 0 Å². The van der Waals surface area contributed by atoms with Crippen LogP contribution in [0.1, 0.15) is 32.3 Å². The second kappa shape index (κ2) is 6.08. The van der Waals surface area contributed by atoms with E-state index in [9.17, 15) is 14.0 Å². The number of carbonyl (C=O) groups is 2. The van der Waals surface area contributed by atoms with Gasteiger partial charge >= 0.3 is 5.97 Å². The van der Waals surface area contributed by atoms with Crippen LogP contribution in [0.5, 0.6) is 0 Å². The van der Waals surface area contributed by atoms with Crippen molar-refractivity contribution in [1.82, 2.24) is 0 Å². The van der Waals surface area contributed by atoms with Crippen LogP contribution in [0.4, 0.5) is 10.1 Å². The summed E-state index contributed by atoms with van der Waals surface area (Å²) in [6, 6.07) is 4.35. The van der Waals surface area contributed by atoms with E-state index in [1.165, 1.54) is 17.0 Å².